The Morgan fingerprint density at radius 1 is 1.41 bits per heavy atom. The van der Waals surface area contributed by atoms with Gasteiger partial charge in [-0.05, 0) is 30.4 Å². The van der Waals surface area contributed by atoms with E-state index in [-0.39, 0.29) is 28.4 Å². The van der Waals surface area contributed by atoms with Gasteiger partial charge in [0.1, 0.15) is 0 Å². The molecule has 1 aromatic rings. The van der Waals surface area contributed by atoms with Crippen molar-refractivity contribution in [2.45, 2.75) is 12.8 Å². The Morgan fingerprint density at radius 3 is 2.71 bits per heavy atom. The van der Waals surface area contributed by atoms with Crippen molar-refractivity contribution in [3.63, 3.8) is 0 Å². The Balaban J connectivity index is 2.02. The number of carbonyl (C=O) groups is 1. The monoisotopic (exact) mass is 299 g/mol. The summed E-state index contributed by atoms with van der Waals surface area (Å²) in [5.41, 5.74) is 0.289. The number of hydrogen-bond donors (Lipinski definition) is 3. The average molecular weight is 300 g/mol. The largest absolute Gasteiger partial charge is 0.504 e. The highest BCUT2D eigenvalue weighted by molar-refractivity contribution is 9.09. The minimum absolute atomic E-state index is 0.107. The summed E-state index contributed by atoms with van der Waals surface area (Å²) in [6.45, 7) is 0.589. The normalized spacial score (nSPS) is 16.5. The molecule has 1 aliphatic rings. The van der Waals surface area contributed by atoms with Crippen LogP contribution in [0.3, 0.4) is 0 Å². The molecule has 0 aliphatic heterocycles. The molecule has 0 bridgehead atoms. The van der Waals surface area contributed by atoms with Gasteiger partial charge >= 0.3 is 0 Å². The van der Waals surface area contributed by atoms with Crippen LogP contribution in [0.25, 0.3) is 0 Å². The van der Waals surface area contributed by atoms with Crippen molar-refractivity contribution >= 4 is 21.8 Å². The minimum Gasteiger partial charge on any atom is -0.504 e. The fraction of sp³-hybridized carbons (Fsp3) is 0.417. The average Bonchev–Trinajstić information content (AvgIpc) is 3.10. The Bertz CT molecular complexity index is 443. The van der Waals surface area contributed by atoms with Gasteiger partial charge in [0.25, 0.3) is 5.91 Å². The lowest BCUT2D eigenvalue weighted by Crippen LogP contribution is -2.30. The third-order valence-electron chi connectivity index (χ3n) is 3.12. The number of para-hydroxylation sites is 1. The highest BCUT2D eigenvalue weighted by Crippen LogP contribution is 2.46. The first-order valence-electron chi connectivity index (χ1n) is 5.43. The molecule has 17 heavy (non-hydrogen) atoms. The molecule has 4 nitrogen and oxygen atoms in total. The fourth-order valence-electron chi connectivity index (χ4n) is 1.61. The zero-order valence-corrected chi connectivity index (χ0v) is 10.8. The van der Waals surface area contributed by atoms with Crippen molar-refractivity contribution in [3.05, 3.63) is 23.8 Å². The number of hydrogen-bond acceptors (Lipinski definition) is 3. The van der Waals surface area contributed by atoms with Crippen LogP contribution >= 0.6 is 15.9 Å². The Morgan fingerprint density at radius 2 is 2.12 bits per heavy atom. The third kappa shape index (κ3) is 2.54. The van der Waals surface area contributed by atoms with E-state index in [1.807, 2.05) is 0 Å². The maximum absolute atomic E-state index is 11.8. The van der Waals surface area contributed by atoms with E-state index in [1.165, 1.54) is 18.2 Å². The number of phenols is 2. The summed E-state index contributed by atoms with van der Waals surface area (Å²) in [6, 6.07) is 4.35. The number of rotatable bonds is 4. The quantitative estimate of drug-likeness (QED) is 0.588. The smallest absolute Gasteiger partial charge is 0.255 e. The summed E-state index contributed by atoms with van der Waals surface area (Å²) in [4.78, 5) is 11.8. The van der Waals surface area contributed by atoms with Crippen molar-refractivity contribution in [3.8, 4) is 11.5 Å². The Hall–Kier alpha value is -1.23. The summed E-state index contributed by atoms with van der Waals surface area (Å²) in [7, 11) is 0. The highest BCUT2D eigenvalue weighted by Gasteiger charge is 2.41. The zero-order valence-electron chi connectivity index (χ0n) is 9.24. The second-order valence-corrected chi connectivity index (χ2v) is 5.05. The summed E-state index contributed by atoms with van der Waals surface area (Å²) in [5, 5.41) is 22.5. The molecule has 0 spiro atoms. The van der Waals surface area contributed by atoms with Gasteiger partial charge in [-0.15, -0.1) is 0 Å². The Labute approximate surface area is 108 Å². The molecule has 1 amide bonds. The molecule has 3 N–H and O–H groups in total. The number of phenolic OH excluding ortho intramolecular Hbond substituents is 2. The standard InChI is InChI=1S/C12H14BrNO3/c13-6-12(4-5-12)7-14-11(17)8-2-1-3-9(15)10(8)16/h1-3,15-16H,4-7H2,(H,14,17). The van der Waals surface area contributed by atoms with Gasteiger partial charge in [0.15, 0.2) is 11.5 Å². The maximum atomic E-state index is 11.8. The molecule has 1 saturated carbocycles. The van der Waals surface area contributed by atoms with Crippen LogP contribution in [-0.4, -0.2) is 28.0 Å². The molecular formula is C12H14BrNO3. The molecule has 1 aliphatic carbocycles. The number of amides is 1. The van der Waals surface area contributed by atoms with Crippen molar-refractivity contribution in [1.29, 1.82) is 0 Å². The molecule has 0 aromatic heterocycles. The van der Waals surface area contributed by atoms with Crippen LogP contribution in [0.15, 0.2) is 18.2 Å². The lowest BCUT2D eigenvalue weighted by Gasteiger charge is -2.13. The van der Waals surface area contributed by atoms with E-state index in [4.69, 9.17) is 0 Å². The van der Waals surface area contributed by atoms with Crippen molar-refractivity contribution < 1.29 is 15.0 Å². The molecular weight excluding hydrogens is 286 g/mol. The molecule has 0 saturated heterocycles. The van der Waals surface area contributed by atoms with Crippen LogP contribution in [-0.2, 0) is 0 Å². The van der Waals surface area contributed by atoms with E-state index < -0.39 is 0 Å². The van der Waals surface area contributed by atoms with Gasteiger partial charge in [0, 0.05) is 11.9 Å². The van der Waals surface area contributed by atoms with E-state index in [2.05, 4.69) is 21.2 Å². The van der Waals surface area contributed by atoms with Gasteiger partial charge < -0.3 is 15.5 Å². The van der Waals surface area contributed by atoms with Crippen LogP contribution < -0.4 is 5.32 Å². The van der Waals surface area contributed by atoms with Gasteiger partial charge in [-0.2, -0.15) is 0 Å². The van der Waals surface area contributed by atoms with Crippen molar-refractivity contribution in [2.75, 3.05) is 11.9 Å². The first-order chi connectivity index (χ1) is 8.08. The van der Waals surface area contributed by atoms with Gasteiger partial charge in [0.2, 0.25) is 0 Å². The molecule has 0 heterocycles. The number of carbonyl (C=O) groups excluding carboxylic acids is 1. The molecule has 0 atom stereocenters. The molecule has 0 radical (unpaired) electrons. The number of benzene rings is 1. The van der Waals surface area contributed by atoms with Gasteiger partial charge in [-0.25, -0.2) is 0 Å². The SMILES string of the molecule is O=C(NCC1(CBr)CC1)c1cccc(O)c1O. The van der Waals surface area contributed by atoms with E-state index >= 15 is 0 Å². The maximum Gasteiger partial charge on any atom is 0.255 e. The minimum atomic E-state index is -0.367. The molecule has 92 valence electrons. The predicted octanol–water partition coefficient (Wildman–Crippen LogP) is 2.00. The van der Waals surface area contributed by atoms with E-state index in [9.17, 15) is 15.0 Å². The van der Waals surface area contributed by atoms with Gasteiger partial charge in [-0.1, -0.05) is 22.0 Å². The molecule has 1 fully saturated rings. The summed E-state index contributed by atoms with van der Waals surface area (Å²) in [5.74, 6) is -1.00. The van der Waals surface area contributed by atoms with E-state index in [0.717, 1.165) is 18.2 Å². The number of nitrogens with one attached hydrogen (secondary N) is 1. The molecule has 0 unspecified atom stereocenters. The second kappa shape index (κ2) is 4.56. The van der Waals surface area contributed by atoms with E-state index in [0.29, 0.717) is 6.54 Å². The molecule has 5 heteroatoms. The van der Waals surface area contributed by atoms with Crippen molar-refractivity contribution in [2.24, 2.45) is 5.41 Å². The number of aromatic hydroxyl groups is 2. The first kappa shape index (κ1) is 12.2. The van der Waals surface area contributed by atoms with Crippen molar-refractivity contribution in [1.82, 2.24) is 5.32 Å². The van der Waals surface area contributed by atoms with E-state index in [1.54, 1.807) is 0 Å². The van der Waals surface area contributed by atoms with Crippen LogP contribution in [0.2, 0.25) is 0 Å². The number of halogens is 1. The zero-order chi connectivity index (χ0) is 12.5. The van der Waals surface area contributed by atoms with Crippen LogP contribution in [0.1, 0.15) is 23.2 Å². The Kier molecular flexibility index (Phi) is 3.28. The lowest BCUT2D eigenvalue weighted by molar-refractivity contribution is 0.0943. The van der Waals surface area contributed by atoms with Crippen LogP contribution in [0.5, 0.6) is 11.5 Å². The second-order valence-electron chi connectivity index (χ2n) is 4.49. The lowest BCUT2D eigenvalue weighted by atomic mass is 10.1. The predicted molar refractivity (Wildman–Crippen MR) is 67.6 cm³/mol. The topological polar surface area (TPSA) is 69.6 Å². The van der Waals surface area contributed by atoms with Crippen LogP contribution in [0, 0.1) is 5.41 Å². The van der Waals surface area contributed by atoms with Crippen LogP contribution in [0.4, 0.5) is 0 Å². The summed E-state index contributed by atoms with van der Waals surface area (Å²) >= 11 is 3.43. The van der Waals surface area contributed by atoms with Gasteiger partial charge in [0.05, 0.1) is 5.56 Å². The summed E-state index contributed by atoms with van der Waals surface area (Å²) < 4.78 is 0. The molecule has 2 rings (SSSR count). The first-order valence-corrected chi connectivity index (χ1v) is 6.55. The number of alkyl halides is 1. The molecule has 1 aromatic carbocycles. The fourth-order valence-corrected chi connectivity index (χ4v) is 2.37. The highest BCUT2D eigenvalue weighted by atomic mass is 79.9. The third-order valence-corrected chi connectivity index (χ3v) is 4.31. The van der Waals surface area contributed by atoms with Gasteiger partial charge in [-0.3, -0.25) is 4.79 Å². The summed E-state index contributed by atoms with van der Waals surface area (Å²) in [6.07, 6.45) is 2.20.